The summed E-state index contributed by atoms with van der Waals surface area (Å²) < 4.78 is 13.8. The van der Waals surface area contributed by atoms with Crippen molar-refractivity contribution in [3.8, 4) is 0 Å². The highest BCUT2D eigenvalue weighted by Crippen LogP contribution is 2.44. The summed E-state index contributed by atoms with van der Waals surface area (Å²) in [5.74, 6) is 1.21. The van der Waals surface area contributed by atoms with E-state index in [1.54, 1.807) is 19.2 Å². The van der Waals surface area contributed by atoms with E-state index in [4.69, 9.17) is 11.6 Å². The molecular formula is C15H21ClFN3. The van der Waals surface area contributed by atoms with Crippen molar-refractivity contribution >= 4 is 17.6 Å². The Morgan fingerprint density at radius 3 is 2.85 bits per heavy atom. The molecule has 1 aromatic carbocycles. The summed E-state index contributed by atoms with van der Waals surface area (Å²) in [5.41, 5.74) is 0.617. The number of nitrogens with one attached hydrogen (secondary N) is 2. The molecule has 0 heterocycles. The van der Waals surface area contributed by atoms with Gasteiger partial charge in [0, 0.05) is 36.1 Å². The highest BCUT2D eigenvalue weighted by atomic mass is 35.5. The standard InChI is InChI=1S/C15H21ClFN3/c1-9(2)8-19-15(18-3)20-13-7-10(13)14-11(16)5-4-6-12(14)17/h4-6,9-10,13H,7-8H2,1-3H3,(H2,18,19,20). The summed E-state index contributed by atoms with van der Waals surface area (Å²) in [7, 11) is 1.74. The normalized spacial score (nSPS) is 22.0. The van der Waals surface area contributed by atoms with Crippen LogP contribution in [0.1, 0.15) is 31.7 Å². The maximum Gasteiger partial charge on any atom is 0.191 e. The van der Waals surface area contributed by atoms with Crippen LogP contribution in [0, 0.1) is 11.7 Å². The molecule has 2 atom stereocenters. The maximum absolute atomic E-state index is 13.8. The van der Waals surface area contributed by atoms with Crippen LogP contribution in [0.15, 0.2) is 23.2 Å². The molecule has 1 fully saturated rings. The van der Waals surface area contributed by atoms with E-state index >= 15 is 0 Å². The van der Waals surface area contributed by atoms with Crippen molar-refractivity contribution < 1.29 is 4.39 Å². The summed E-state index contributed by atoms with van der Waals surface area (Å²) >= 11 is 6.09. The molecule has 2 unspecified atom stereocenters. The van der Waals surface area contributed by atoms with E-state index in [2.05, 4.69) is 29.5 Å². The van der Waals surface area contributed by atoms with Crippen LogP contribution in [0.4, 0.5) is 4.39 Å². The molecule has 0 aliphatic heterocycles. The fraction of sp³-hybridized carbons (Fsp3) is 0.533. The van der Waals surface area contributed by atoms with Gasteiger partial charge in [-0.3, -0.25) is 4.99 Å². The molecule has 0 radical (unpaired) electrons. The van der Waals surface area contributed by atoms with E-state index in [1.807, 2.05) is 0 Å². The number of benzene rings is 1. The van der Waals surface area contributed by atoms with Gasteiger partial charge in [-0.1, -0.05) is 31.5 Å². The molecule has 1 saturated carbocycles. The largest absolute Gasteiger partial charge is 0.356 e. The monoisotopic (exact) mass is 297 g/mol. The number of nitrogens with zero attached hydrogens (tertiary/aromatic N) is 1. The molecular weight excluding hydrogens is 277 g/mol. The Labute approximate surface area is 124 Å². The second kappa shape index (κ2) is 6.44. The van der Waals surface area contributed by atoms with Crippen molar-refractivity contribution in [2.45, 2.75) is 32.2 Å². The zero-order valence-corrected chi connectivity index (χ0v) is 12.8. The molecule has 0 spiro atoms. The average Bonchev–Trinajstić information content (AvgIpc) is 3.13. The number of rotatable bonds is 4. The lowest BCUT2D eigenvalue weighted by molar-refractivity contribution is 0.604. The predicted molar refractivity (Wildman–Crippen MR) is 81.9 cm³/mol. The van der Waals surface area contributed by atoms with Crippen LogP contribution in [0.5, 0.6) is 0 Å². The van der Waals surface area contributed by atoms with E-state index in [9.17, 15) is 4.39 Å². The fourth-order valence-electron chi connectivity index (χ4n) is 2.21. The molecule has 2 N–H and O–H groups in total. The van der Waals surface area contributed by atoms with Crippen molar-refractivity contribution in [3.63, 3.8) is 0 Å². The number of guanidine groups is 1. The van der Waals surface area contributed by atoms with Crippen molar-refractivity contribution in [1.29, 1.82) is 0 Å². The van der Waals surface area contributed by atoms with E-state index in [0.29, 0.717) is 16.5 Å². The predicted octanol–water partition coefficient (Wildman–Crippen LogP) is 3.16. The van der Waals surface area contributed by atoms with Gasteiger partial charge in [0.2, 0.25) is 0 Å². The van der Waals surface area contributed by atoms with Gasteiger partial charge < -0.3 is 10.6 Å². The first kappa shape index (κ1) is 15.1. The number of hydrogen-bond donors (Lipinski definition) is 2. The van der Waals surface area contributed by atoms with Crippen LogP contribution in [-0.2, 0) is 0 Å². The van der Waals surface area contributed by atoms with Gasteiger partial charge in [0.05, 0.1) is 0 Å². The molecule has 2 rings (SSSR count). The lowest BCUT2D eigenvalue weighted by atomic mass is 10.1. The summed E-state index contributed by atoms with van der Waals surface area (Å²) in [5, 5.41) is 7.07. The molecule has 3 nitrogen and oxygen atoms in total. The molecule has 110 valence electrons. The highest BCUT2D eigenvalue weighted by molar-refractivity contribution is 6.31. The second-order valence-electron chi connectivity index (χ2n) is 5.58. The van der Waals surface area contributed by atoms with Gasteiger partial charge in [0.1, 0.15) is 5.82 Å². The van der Waals surface area contributed by atoms with Crippen LogP contribution in [0.2, 0.25) is 5.02 Å². The van der Waals surface area contributed by atoms with Crippen LogP contribution in [0.25, 0.3) is 0 Å². The lowest BCUT2D eigenvalue weighted by Crippen LogP contribution is -2.40. The number of hydrogen-bond acceptors (Lipinski definition) is 1. The molecule has 1 aliphatic carbocycles. The third kappa shape index (κ3) is 3.63. The molecule has 0 amide bonds. The Kier molecular flexibility index (Phi) is 4.86. The SMILES string of the molecule is CN=C(NCC(C)C)NC1CC1c1c(F)cccc1Cl. The maximum atomic E-state index is 13.8. The molecule has 0 saturated heterocycles. The van der Waals surface area contributed by atoms with E-state index in [0.717, 1.165) is 18.9 Å². The number of aliphatic imine (C=N–C) groups is 1. The first-order valence-electron chi connectivity index (χ1n) is 6.94. The minimum absolute atomic E-state index is 0.126. The molecule has 1 aromatic rings. The van der Waals surface area contributed by atoms with Crippen LogP contribution in [0.3, 0.4) is 0 Å². The molecule has 0 aromatic heterocycles. The van der Waals surface area contributed by atoms with Crippen molar-refractivity contribution in [2.24, 2.45) is 10.9 Å². The van der Waals surface area contributed by atoms with Gasteiger partial charge in [0.15, 0.2) is 5.96 Å². The summed E-state index contributed by atoms with van der Waals surface area (Å²) in [6.07, 6.45) is 0.878. The van der Waals surface area contributed by atoms with Crippen molar-refractivity contribution in [3.05, 3.63) is 34.6 Å². The Bertz CT molecular complexity index is 482. The zero-order chi connectivity index (χ0) is 14.7. The minimum atomic E-state index is -0.225. The first-order valence-corrected chi connectivity index (χ1v) is 7.31. The van der Waals surface area contributed by atoms with Crippen molar-refractivity contribution in [2.75, 3.05) is 13.6 Å². The topological polar surface area (TPSA) is 36.4 Å². The van der Waals surface area contributed by atoms with E-state index in [1.165, 1.54) is 6.07 Å². The quantitative estimate of drug-likeness (QED) is 0.661. The van der Waals surface area contributed by atoms with Gasteiger partial charge in [0.25, 0.3) is 0 Å². The average molecular weight is 298 g/mol. The van der Waals surface area contributed by atoms with E-state index < -0.39 is 0 Å². The third-order valence-corrected chi connectivity index (χ3v) is 3.71. The lowest BCUT2D eigenvalue weighted by Gasteiger charge is -2.13. The first-order chi connectivity index (χ1) is 9.52. The fourth-order valence-corrected chi connectivity index (χ4v) is 2.51. The molecule has 0 bridgehead atoms. The third-order valence-electron chi connectivity index (χ3n) is 3.38. The van der Waals surface area contributed by atoms with Gasteiger partial charge in [-0.2, -0.15) is 0 Å². The smallest absolute Gasteiger partial charge is 0.191 e. The highest BCUT2D eigenvalue weighted by Gasteiger charge is 2.41. The van der Waals surface area contributed by atoms with Gasteiger partial charge >= 0.3 is 0 Å². The Hall–Kier alpha value is -1.29. The van der Waals surface area contributed by atoms with Crippen molar-refractivity contribution in [1.82, 2.24) is 10.6 Å². The Morgan fingerprint density at radius 1 is 1.50 bits per heavy atom. The summed E-state index contributed by atoms with van der Waals surface area (Å²) in [6, 6.07) is 5.03. The van der Waals surface area contributed by atoms with Crippen LogP contribution >= 0.6 is 11.6 Å². The molecule has 20 heavy (non-hydrogen) atoms. The summed E-state index contributed by atoms with van der Waals surface area (Å²) in [4.78, 5) is 4.18. The summed E-state index contributed by atoms with van der Waals surface area (Å²) in [6.45, 7) is 5.14. The van der Waals surface area contributed by atoms with Gasteiger partial charge in [-0.05, 0) is 24.5 Å². The van der Waals surface area contributed by atoms with Gasteiger partial charge in [-0.25, -0.2) is 4.39 Å². The minimum Gasteiger partial charge on any atom is -0.356 e. The van der Waals surface area contributed by atoms with Crippen LogP contribution in [-0.4, -0.2) is 25.6 Å². The van der Waals surface area contributed by atoms with E-state index in [-0.39, 0.29) is 17.8 Å². The number of halogens is 2. The molecule has 1 aliphatic rings. The Balaban J connectivity index is 1.95. The second-order valence-corrected chi connectivity index (χ2v) is 5.98. The van der Waals surface area contributed by atoms with Gasteiger partial charge in [-0.15, -0.1) is 0 Å². The zero-order valence-electron chi connectivity index (χ0n) is 12.1. The van der Waals surface area contributed by atoms with Crippen LogP contribution < -0.4 is 10.6 Å². The molecule has 5 heteroatoms. The Morgan fingerprint density at radius 2 is 2.25 bits per heavy atom.